The van der Waals surface area contributed by atoms with Crippen LogP contribution in [-0.2, 0) is 0 Å². The lowest BCUT2D eigenvalue weighted by Gasteiger charge is -2.32. The van der Waals surface area contributed by atoms with Crippen molar-refractivity contribution in [1.82, 2.24) is 5.32 Å². The number of hydrogen-bond donors (Lipinski definition) is 2. The van der Waals surface area contributed by atoms with Crippen LogP contribution in [0.1, 0.15) is 44.4 Å². The number of anilines is 1. The van der Waals surface area contributed by atoms with Crippen molar-refractivity contribution in [3.8, 4) is 0 Å². The minimum absolute atomic E-state index is 0.0791. The Morgan fingerprint density at radius 2 is 1.95 bits per heavy atom. The summed E-state index contributed by atoms with van der Waals surface area (Å²) in [4.78, 5) is 2.23. The predicted molar refractivity (Wildman–Crippen MR) is 82.8 cm³/mol. The molecule has 2 N–H and O–H groups in total. The minimum Gasteiger partial charge on any atom is -0.396 e. The highest BCUT2D eigenvalue weighted by Crippen LogP contribution is 2.30. The van der Waals surface area contributed by atoms with E-state index in [4.69, 9.17) is 5.11 Å². The van der Waals surface area contributed by atoms with Gasteiger partial charge in [-0.2, -0.15) is 0 Å². The van der Waals surface area contributed by atoms with Crippen LogP contribution in [0.3, 0.4) is 0 Å². The standard InChI is InChI=1S/C16H27FN2O/c1-11(2)19(7-6-8-20)16-9-12(3)15(17)10-14(16)13(4)18-5/h9-11,13,18,20H,6-8H2,1-5H3. The molecule has 0 heterocycles. The van der Waals surface area contributed by atoms with E-state index in [1.165, 1.54) is 0 Å². The second kappa shape index (κ2) is 7.60. The molecule has 0 spiro atoms. The molecule has 0 fully saturated rings. The van der Waals surface area contributed by atoms with E-state index in [-0.39, 0.29) is 18.5 Å². The molecule has 20 heavy (non-hydrogen) atoms. The van der Waals surface area contributed by atoms with E-state index in [0.717, 1.165) is 17.8 Å². The van der Waals surface area contributed by atoms with Gasteiger partial charge < -0.3 is 15.3 Å². The lowest BCUT2D eigenvalue weighted by molar-refractivity contribution is 0.288. The van der Waals surface area contributed by atoms with Crippen molar-refractivity contribution in [2.24, 2.45) is 0 Å². The second-order valence-electron chi connectivity index (χ2n) is 5.53. The van der Waals surface area contributed by atoms with Crippen molar-refractivity contribution >= 4 is 5.69 Å². The van der Waals surface area contributed by atoms with E-state index in [1.54, 1.807) is 13.0 Å². The highest BCUT2D eigenvalue weighted by atomic mass is 19.1. The molecule has 0 radical (unpaired) electrons. The molecule has 0 aliphatic heterocycles. The Morgan fingerprint density at radius 1 is 1.30 bits per heavy atom. The Labute approximate surface area is 121 Å². The van der Waals surface area contributed by atoms with Crippen LogP contribution in [0.25, 0.3) is 0 Å². The Kier molecular flexibility index (Phi) is 6.43. The Bertz CT molecular complexity index is 435. The Hall–Kier alpha value is -1.13. The van der Waals surface area contributed by atoms with Crippen molar-refractivity contribution in [3.05, 3.63) is 29.1 Å². The van der Waals surface area contributed by atoms with Gasteiger partial charge in [-0.05, 0) is 64.4 Å². The van der Waals surface area contributed by atoms with Gasteiger partial charge in [0.1, 0.15) is 5.82 Å². The van der Waals surface area contributed by atoms with E-state index in [0.29, 0.717) is 18.0 Å². The van der Waals surface area contributed by atoms with Crippen molar-refractivity contribution in [1.29, 1.82) is 0 Å². The van der Waals surface area contributed by atoms with Crippen molar-refractivity contribution in [2.45, 2.75) is 46.2 Å². The number of halogens is 1. The molecule has 0 amide bonds. The van der Waals surface area contributed by atoms with Crippen LogP contribution in [0, 0.1) is 12.7 Å². The molecule has 0 aliphatic carbocycles. The summed E-state index contributed by atoms with van der Waals surface area (Å²) in [6.07, 6.45) is 0.710. The number of aryl methyl sites for hydroxylation is 1. The van der Waals surface area contributed by atoms with E-state index < -0.39 is 0 Å². The maximum absolute atomic E-state index is 13.9. The molecular weight excluding hydrogens is 255 g/mol. The Morgan fingerprint density at radius 3 is 2.45 bits per heavy atom. The molecule has 0 aliphatic rings. The Balaban J connectivity index is 3.26. The molecular formula is C16H27FN2O. The van der Waals surface area contributed by atoms with Crippen LogP contribution in [0.5, 0.6) is 0 Å². The summed E-state index contributed by atoms with van der Waals surface area (Å²) < 4.78 is 13.9. The normalized spacial score (nSPS) is 12.8. The highest BCUT2D eigenvalue weighted by molar-refractivity contribution is 5.57. The third-order valence-electron chi connectivity index (χ3n) is 3.70. The maximum Gasteiger partial charge on any atom is 0.126 e. The van der Waals surface area contributed by atoms with Crippen LogP contribution in [0.2, 0.25) is 0 Å². The third kappa shape index (κ3) is 3.93. The molecule has 1 unspecified atom stereocenters. The minimum atomic E-state index is -0.170. The maximum atomic E-state index is 13.9. The van der Waals surface area contributed by atoms with Gasteiger partial charge in [-0.3, -0.25) is 0 Å². The fourth-order valence-corrected chi connectivity index (χ4v) is 2.33. The summed E-state index contributed by atoms with van der Waals surface area (Å²) in [5, 5.41) is 12.2. The average Bonchev–Trinajstić information content (AvgIpc) is 2.41. The molecule has 1 atom stereocenters. The van der Waals surface area contributed by atoms with Gasteiger partial charge >= 0.3 is 0 Å². The molecule has 1 rings (SSSR count). The van der Waals surface area contributed by atoms with E-state index in [1.807, 2.05) is 20.0 Å². The quantitative estimate of drug-likeness (QED) is 0.807. The molecule has 0 saturated heterocycles. The average molecular weight is 282 g/mol. The SMILES string of the molecule is CNC(C)c1cc(F)c(C)cc1N(CCCO)C(C)C. The van der Waals surface area contributed by atoms with Gasteiger partial charge in [0.15, 0.2) is 0 Å². The van der Waals surface area contributed by atoms with Gasteiger partial charge in [0.25, 0.3) is 0 Å². The van der Waals surface area contributed by atoms with Crippen molar-refractivity contribution < 1.29 is 9.50 Å². The molecule has 0 saturated carbocycles. The monoisotopic (exact) mass is 282 g/mol. The smallest absolute Gasteiger partial charge is 0.126 e. The molecule has 4 heteroatoms. The summed E-state index contributed by atoms with van der Waals surface area (Å²) in [7, 11) is 1.87. The first-order valence-electron chi connectivity index (χ1n) is 7.27. The summed E-state index contributed by atoms with van der Waals surface area (Å²) in [6, 6.07) is 3.92. The van der Waals surface area contributed by atoms with Crippen LogP contribution in [0.15, 0.2) is 12.1 Å². The van der Waals surface area contributed by atoms with Crippen LogP contribution in [0.4, 0.5) is 10.1 Å². The lowest BCUT2D eigenvalue weighted by Crippen LogP contribution is -2.34. The fourth-order valence-electron chi connectivity index (χ4n) is 2.33. The number of aliphatic hydroxyl groups is 1. The molecule has 114 valence electrons. The third-order valence-corrected chi connectivity index (χ3v) is 3.70. The molecule has 0 aromatic heterocycles. The highest BCUT2D eigenvalue weighted by Gasteiger charge is 2.19. The number of nitrogens with one attached hydrogen (secondary N) is 1. The first kappa shape index (κ1) is 16.9. The van der Waals surface area contributed by atoms with Gasteiger partial charge in [-0.25, -0.2) is 4.39 Å². The van der Waals surface area contributed by atoms with Crippen LogP contribution < -0.4 is 10.2 Å². The summed E-state index contributed by atoms with van der Waals surface area (Å²) in [5.74, 6) is -0.170. The van der Waals surface area contributed by atoms with E-state index in [9.17, 15) is 4.39 Å². The molecule has 3 nitrogen and oxygen atoms in total. The van der Waals surface area contributed by atoms with Crippen LogP contribution in [-0.4, -0.2) is 31.3 Å². The zero-order chi connectivity index (χ0) is 15.3. The molecule has 1 aromatic rings. The van der Waals surface area contributed by atoms with Crippen molar-refractivity contribution in [2.75, 3.05) is 25.1 Å². The molecule has 0 bridgehead atoms. The van der Waals surface area contributed by atoms with Gasteiger partial charge in [0.2, 0.25) is 0 Å². The fraction of sp³-hybridized carbons (Fsp3) is 0.625. The lowest BCUT2D eigenvalue weighted by atomic mass is 10.0. The summed E-state index contributed by atoms with van der Waals surface area (Å²) in [5.41, 5.74) is 2.66. The number of hydrogen-bond acceptors (Lipinski definition) is 3. The zero-order valence-corrected chi connectivity index (χ0v) is 13.2. The number of aliphatic hydroxyl groups excluding tert-OH is 1. The van der Waals surface area contributed by atoms with Gasteiger partial charge in [0, 0.05) is 30.9 Å². The first-order valence-corrected chi connectivity index (χ1v) is 7.27. The number of benzene rings is 1. The van der Waals surface area contributed by atoms with E-state index >= 15 is 0 Å². The predicted octanol–water partition coefficient (Wildman–Crippen LogP) is 3.01. The summed E-state index contributed by atoms with van der Waals surface area (Å²) in [6.45, 7) is 8.98. The number of rotatable bonds is 7. The van der Waals surface area contributed by atoms with Crippen molar-refractivity contribution in [3.63, 3.8) is 0 Å². The topological polar surface area (TPSA) is 35.5 Å². The first-order chi connectivity index (χ1) is 9.42. The zero-order valence-electron chi connectivity index (χ0n) is 13.2. The van der Waals surface area contributed by atoms with Gasteiger partial charge in [-0.15, -0.1) is 0 Å². The van der Waals surface area contributed by atoms with E-state index in [2.05, 4.69) is 24.1 Å². The summed E-state index contributed by atoms with van der Waals surface area (Å²) >= 11 is 0. The van der Waals surface area contributed by atoms with Gasteiger partial charge in [0.05, 0.1) is 0 Å². The largest absolute Gasteiger partial charge is 0.396 e. The van der Waals surface area contributed by atoms with Gasteiger partial charge in [-0.1, -0.05) is 0 Å². The number of nitrogens with zero attached hydrogens (tertiary/aromatic N) is 1. The molecule has 1 aromatic carbocycles. The van der Waals surface area contributed by atoms with Crippen LogP contribution >= 0.6 is 0 Å². The second-order valence-corrected chi connectivity index (χ2v) is 5.53.